The maximum absolute atomic E-state index is 10.1. The van der Waals surface area contributed by atoms with Crippen LogP contribution in [0.2, 0.25) is 0 Å². The van der Waals surface area contributed by atoms with E-state index >= 15 is 0 Å². The number of hydrogen-bond acceptors (Lipinski definition) is 3. The van der Waals surface area contributed by atoms with Gasteiger partial charge < -0.3 is 15.2 Å². The lowest BCUT2D eigenvalue weighted by atomic mass is 10.1. The summed E-state index contributed by atoms with van der Waals surface area (Å²) in [6.07, 6.45) is 0.574. The van der Waals surface area contributed by atoms with E-state index < -0.39 is 6.10 Å². The summed E-state index contributed by atoms with van der Waals surface area (Å²) in [6, 6.07) is 7.98. The fourth-order valence-corrected chi connectivity index (χ4v) is 1.57. The smallest absolute Gasteiger partial charge is 0.119 e. The zero-order chi connectivity index (χ0) is 14.3. The Hall–Kier alpha value is -1.32. The normalized spacial score (nSPS) is 13.9. The van der Waals surface area contributed by atoms with Crippen molar-refractivity contribution in [2.75, 3.05) is 13.2 Å². The van der Waals surface area contributed by atoms with Crippen molar-refractivity contribution in [3.63, 3.8) is 0 Å². The van der Waals surface area contributed by atoms with Gasteiger partial charge in [0.2, 0.25) is 0 Å². The SMILES string of the molecule is C=C(C)COc1ccc(C(O)CNC(C)CC)cc1. The standard InChI is InChI=1S/C16H25NO2/c1-5-13(4)17-10-16(18)14-6-8-15(9-7-14)19-11-12(2)3/h6-9,13,16-18H,2,5,10-11H2,1,3-4H3. The quantitative estimate of drug-likeness (QED) is 0.708. The summed E-state index contributed by atoms with van der Waals surface area (Å²) < 4.78 is 5.52. The summed E-state index contributed by atoms with van der Waals surface area (Å²) >= 11 is 0. The van der Waals surface area contributed by atoms with Crippen LogP contribution < -0.4 is 10.1 Å². The average molecular weight is 263 g/mol. The number of aliphatic hydroxyl groups excluding tert-OH is 1. The highest BCUT2D eigenvalue weighted by Gasteiger charge is 2.08. The largest absolute Gasteiger partial charge is 0.489 e. The van der Waals surface area contributed by atoms with Gasteiger partial charge in [-0.3, -0.25) is 0 Å². The Morgan fingerprint density at radius 1 is 1.37 bits per heavy atom. The molecule has 0 aromatic heterocycles. The Morgan fingerprint density at radius 3 is 2.53 bits per heavy atom. The third kappa shape index (κ3) is 5.90. The van der Waals surface area contributed by atoms with E-state index in [4.69, 9.17) is 4.74 Å². The summed E-state index contributed by atoms with van der Waals surface area (Å²) in [5.41, 5.74) is 1.89. The number of aliphatic hydroxyl groups is 1. The van der Waals surface area contributed by atoms with Crippen molar-refractivity contribution in [3.05, 3.63) is 42.0 Å². The van der Waals surface area contributed by atoms with Crippen molar-refractivity contribution in [3.8, 4) is 5.75 Å². The first-order valence-electron chi connectivity index (χ1n) is 6.81. The molecule has 0 aliphatic carbocycles. The fourth-order valence-electron chi connectivity index (χ4n) is 1.57. The van der Waals surface area contributed by atoms with Crippen LogP contribution >= 0.6 is 0 Å². The average Bonchev–Trinajstić information content (AvgIpc) is 2.42. The minimum Gasteiger partial charge on any atom is -0.489 e. The van der Waals surface area contributed by atoms with E-state index in [1.807, 2.05) is 31.2 Å². The molecule has 2 N–H and O–H groups in total. The van der Waals surface area contributed by atoms with Crippen LogP contribution in [-0.2, 0) is 0 Å². The molecule has 0 radical (unpaired) electrons. The molecule has 0 saturated heterocycles. The van der Waals surface area contributed by atoms with Crippen molar-refractivity contribution < 1.29 is 9.84 Å². The van der Waals surface area contributed by atoms with Gasteiger partial charge in [-0.15, -0.1) is 0 Å². The molecule has 0 amide bonds. The summed E-state index contributed by atoms with van der Waals surface area (Å²) in [5.74, 6) is 0.800. The molecular formula is C16H25NO2. The van der Waals surface area contributed by atoms with Crippen LogP contribution in [0.5, 0.6) is 5.75 Å². The molecule has 2 unspecified atom stereocenters. The lowest BCUT2D eigenvalue weighted by molar-refractivity contribution is 0.170. The second kappa shape index (κ2) is 7.97. The van der Waals surface area contributed by atoms with E-state index in [0.29, 0.717) is 19.2 Å². The first kappa shape index (κ1) is 15.7. The molecule has 0 bridgehead atoms. The molecule has 106 valence electrons. The molecule has 1 aromatic carbocycles. The number of rotatable bonds is 8. The Kier molecular flexibility index (Phi) is 6.60. The Bertz CT molecular complexity index is 386. The van der Waals surface area contributed by atoms with E-state index in [-0.39, 0.29) is 0 Å². The van der Waals surface area contributed by atoms with Crippen molar-refractivity contribution in [2.45, 2.75) is 39.3 Å². The molecule has 3 heteroatoms. The van der Waals surface area contributed by atoms with Gasteiger partial charge in [0.1, 0.15) is 12.4 Å². The van der Waals surface area contributed by atoms with Gasteiger partial charge in [-0.1, -0.05) is 25.6 Å². The van der Waals surface area contributed by atoms with Crippen molar-refractivity contribution in [1.29, 1.82) is 0 Å². The van der Waals surface area contributed by atoms with Crippen LogP contribution in [0.25, 0.3) is 0 Å². The van der Waals surface area contributed by atoms with Crippen LogP contribution in [0.15, 0.2) is 36.4 Å². The molecule has 2 atom stereocenters. The van der Waals surface area contributed by atoms with Gasteiger partial charge in [0.25, 0.3) is 0 Å². The highest BCUT2D eigenvalue weighted by Crippen LogP contribution is 2.18. The second-order valence-electron chi connectivity index (χ2n) is 5.05. The van der Waals surface area contributed by atoms with E-state index in [2.05, 4.69) is 25.7 Å². The van der Waals surface area contributed by atoms with Crippen molar-refractivity contribution in [1.82, 2.24) is 5.32 Å². The third-order valence-electron chi connectivity index (χ3n) is 3.02. The van der Waals surface area contributed by atoms with Gasteiger partial charge in [-0.2, -0.15) is 0 Å². The van der Waals surface area contributed by atoms with Gasteiger partial charge in [-0.25, -0.2) is 0 Å². The highest BCUT2D eigenvalue weighted by molar-refractivity contribution is 5.29. The number of ether oxygens (including phenoxy) is 1. The minimum atomic E-state index is -0.482. The summed E-state index contributed by atoms with van der Waals surface area (Å²) in [7, 11) is 0. The van der Waals surface area contributed by atoms with Crippen LogP contribution in [-0.4, -0.2) is 24.3 Å². The molecule has 3 nitrogen and oxygen atoms in total. The van der Waals surface area contributed by atoms with Crippen LogP contribution in [0.3, 0.4) is 0 Å². The lowest BCUT2D eigenvalue weighted by Gasteiger charge is -2.16. The van der Waals surface area contributed by atoms with Crippen LogP contribution in [0.4, 0.5) is 0 Å². The van der Waals surface area contributed by atoms with Gasteiger partial charge in [0, 0.05) is 12.6 Å². The molecule has 1 rings (SSSR count). The van der Waals surface area contributed by atoms with Crippen molar-refractivity contribution in [2.24, 2.45) is 0 Å². The molecule has 19 heavy (non-hydrogen) atoms. The fraction of sp³-hybridized carbons (Fsp3) is 0.500. The lowest BCUT2D eigenvalue weighted by Crippen LogP contribution is -2.29. The zero-order valence-electron chi connectivity index (χ0n) is 12.1. The first-order chi connectivity index (χ1) is 9.02. The Morgan fingerprint density at radius 2 is 2.00 bits per heavy atom. The van der Waals surface area contributed by atoms with Crippen molar-refractivity contribution >= 4 is 0 Å². The van der Waals surface area contributed by atoms with Crippen LogP contribution in [0.1, 0.15) is 38.9 Å². The summed E-state index contributed by atoms with van der Waals surface area (Å²) in [4.78, 5) is 0. The van der Waals surface area contributed by atoms with E-state index in [9.17, 15) is 5.11 Å². The molecule has 0 heterocycles. The van der Waals surface area contributed by atoms with Gasteiger partial charge in [0.05, 0.1) is 6.10 Å². The zero-order valence-corrected chi connectivity index (χ0v) is 12.1. The van der Waals surface area contributed by atoms with E-state index in [1.165, 1.54) is 0 Å². The molecule has 0 aliphatic rings. The minimum absolute atomic E-state index is 0.424. The summed E-state index contributed by atoms with van der Waals surface area (Å²) in [6.45, 7) is 11.1. The number of benzene rings is 1. The molecule has 0 fully saturated rings. The van der Waals surface area contributed by atoms with Gasteiger partial charge in [-0.05, 0) is 43.5 Å². The van der Waals surface area contributed by atoms with E-state index in [0.717, 1.165) is 23.3 Å². The Balaban J connectivity index is 2.48. The molecule has 0 saturated carbocycles. The Labute approximate surface area is 116 Å². The van der Waals surface area contributed by atoms with Gasteiger partial charge >= 0.3 is 0 Å². The molecular weight excluding hydrogens is 238 g/mol. The number of hydrogen-bond donors (Lipinski definition) is 2. The predicted octanol–water partition coefficient (Wildman–Crippen LogP) is 3.06. The maximum atomic E-state index is 10.1. The first-order valence-corrected chi connectivity index (χ1v) is 6.81. The van der Waals surface area contributed by atoms with Gasteiger partial charge in [0.15, 0.2) is 0 Å². The monoisotopic (exact) mass is 263 g/mol. The molecule has 1 aromatic rings. The maximum Gasteiger partial charge on any atom is 0.119 e. The molecule has 0 aliphatic heterocycles. The van der Waals surface area contributed by atoms with E-state index in [1.54, 1.807) is 0 Å². The molecule has 0 spiro atoms. The third-order valence-corrected chi connectivity index (χ3v) is 3.02. The number of nitrogens with one attached hydrogen (secondary N) is 1. The summed E-state index contributed by atoms with van der Waals surface area (Å²) in [5, 5.41) is 13.3. The second-order valence-corrected chi connectivity index (χ2v) is 5.05. The highest BCUT2D eigenvalue weighted by atomic mass is 16.5. The topological polar surface area (TPSA) is 41.5 Å². The predicted molar refractivity (Wildman–Crippen MR) is 79.5 cm³/mol. The van der Waals surface area contributed by atoms with Crippen LogP contribution in [0, 0.1) is 0 Å².